The largest absolute Gasteiger partial charge is 0.383 e. The maximum absolute atomic E-state index is 12.9. The van der Waals surface area contributed by atoms with Crippen LogP contribution in [-0.2, 0) is 4.74 Å². The third kappa shape index (κ3) is 2.63. The van der Waals surface area contributed by atoms with E-state index in [0.29, 0.717) is 11.4 Å². The topological polar surface area (TPSA) is 87.1 Å². The lowest BCUT2D eigenvalue weighted by Crippen LogP contribution is -2.17. The molecule has 2 aromatic rings. The van der Waals surface area contributed by atoms with Gasteiger partial charge >= 0.3 is 0 Å². The van der Waals surface area contributed by atoms with E-state index in [-0.39, 0.29) is 12.5 Å². The molecular formula is C10H11FN4O2. The first-order valence-corrected chi connectivity index (χ1v) is 4.89. The van der Waals surface area contributed by atoms with Crippen molar-refractivity contribution in [2.24, 2.45) is 5.73 Å². The maximum Gasteiger partial charge on any atom is 0.259 e. The summed E-state index contributed by atoms with van der Waals surface area (Å²) in [6, 6.07) is 0.783. The van der Waals surface area contributed by atoms with Crippen molar-refractivity contribution in [3.63, 3.8) is 0 Å². The average Bonchev–Trinajstić information content (AvgIpc) is 2.78. The lowest BCUT2D eigenvalue weighted by atomic mass is 10.3. The SMILES string of the molecule is COCC(N)c1noc(-c2cncc(F)c2)n1. The minimum absolute atomic E-state index is 0.179. The van der Waals surface area contributed by atoms with E-state index < -0.39 is 11.9 Å². The van der Waals surface area contributed by atoms with Gasteiger partial charge in [0.15, 0.2) is 5.82 Å². The second-order valence-corrected chi connectivity index (χ2v) is 3.41. The summed E-state index contributed by atoms with van der Waals surface area (Å²) in [7, 11) is 1.53. The molecule has 17 heavy (non-hydrogen) atoms. The van der Waals surface area contributed by atoms with E-state index in [0.717, 1.165) is 6.20 Å². The molecule has 7 heteroatoms. The smallest absolute Gasteiger partial charge is 0.259 e. The van der Waals surface area contributed by atoms with Crippen molar-refractivity contribution in [2.75, 3.05) is 13.7 Å². The number of methoxy groups -OCH3 is 1. The summed E-state index contributed by atoms with van der Waals surface area (Å²) in [5.41, 5.74) is 6.14. The second-order valence-electron chi connectivity index (χ2n) is 3.41. The average molecular weight is 238 g/mol. The summed E-state index contributed by atoms with van der Waals surface area (Å²) in [4.78, 5) is 7.74. The van der Waals surface area contributed by atoms with Crippen LogP contribution in [0, 0.1) is 5.82 Å². The normalized spacial score (nSPS) is 12.6. The molecule has 2 heterocycles. The fraction of sp³-hybridized carbons (Fsp3) is 0.300. The van der Waals surface area contributed by atoms with Gasteiger partial charge in [-0.25, -0.2) is 4.39 Å². The molecule has 0 amide bonds. The number of nitrogens with two attached hydrogens (primary N) is 1. The van der Waals surface area contributed by atoms with E-state index in [2.05, 4.69) is 15.1 Å². The lowest BCUT2D eigenvalue weighted by molar-refractivity contribution is 0.177. The molecule has 0 aliphatic carbocycles. The van der Waals surface area contributed by atoms with E-state index in [1.54, 1.807) is 0 Å². The Morgan fingerprint density at radius 3 is 3.06 bits per heavy atom. The molecule has 1 atom stereocenters. The van der Waals surface area contributed by atoms with Crippen LogP contribution in [0.1, 0.15) is 11.9 Å². The van der Waals surface area contributed by atoms with E-state index in [4.69, 9.17) is 15.0 Å². The fourth-order valence-electron chi connectivity index (χ4n) is 1.29. The first-order chi connectivity index (χ1) is 8.20. The lowest BCUT2D eigenvalue weighted by Gasteiger charge is -2.03. The molecule has 2 aromatic heterocycles. The number of hydrogen-bond acceptors (Lipinski definition) is 6. The molecule has 0 saturated carbocycles. The minimum Gasteiger partial charge on any atom is -0.383 e. The Bertz CT molecular complexity index is 503. The zero-order valence-electron chi connectivity index (χ0n) is 9.13. The standard InChI is InChI=1S/C10H11FN4O2/c1-16-5-8(12)9-14-10(17-15-9)6-2-7(11)4-13-3-6/h2-4,8H,5,12H2,1H3. The molecule has 0 bridgehead atoms. The zero-order chi connectivity index (χ0) is 12.3. The summed E-state index contributed by atoms with van der Waals surface area (Å²) in [6.45, 7) is 0.278. The summed E-state index contributed by atoms with van der Waals surface area (Å²) in [5.74, 6) is 0.0214. The van der Waals surface area contributed by atoms with Crippen molar-refractivity contribution >= 4 is 0 Å². The Labute approximate surface area is 96.6 Å². The quantitative estimate of drug-likeness (QED) is 0.852. The minimum atomic E-state index is -0.473. The molecule has 6 nitrogen and oxygen atoms in total. The molecule has 0 fully saturated rings. The van der Waals surface area contributed by atoms with Crippen LogP contribution in [0.25, 0.3) is 11.5 Å². The predicted octanol–water partition coefficient (Wildman–Crippen LogP) is 0.917. The number of ether oxygens (including phenoxy) is 1. The van der Waals surface area contributed by atoms with Gasteiger partial charge in [-0.1, -0.05) is 5.16 Å². The van der Waals surface area contributed by atoms with Crippen LogP contribution in [0.2, 0.25) is 0 Å². The highest BCUT2D eigenvalue weighted by molar-refractivity contribution is 5.50. The number of halogens is 1. The van der Waals surface area contributed by atoms with E-state index in [9.17, 15) is 4.39 Å². The number of rotatable bonds is 4. The Kier molecular flexibility index (Phi) is 3.40. The van der Waals surface area contributed by atoms with Gasteiger partial charge in [0.2, 0.25) is 0 Å². The van der Waals surface area contributed by atoms with Gasteiger partial charge in [0.25, 0.3) is 5.89 Å². The number of aromatic nitrogens is 3. The van der Waals surface area contributed by atoms with Gasteiger partial charge in [0, 0.05) is 13.3 Å². The molecule has 2 rings (SSSR count). The van der Waals surface area contributed by atoms with Crippen LogP contribution in [0.3, 0.4) is 0 Å². The van der Waals surface area contributed by atoms with E-state index >= 15 is 0 Å². The highest BCUT2D eigenvalue weighted by Gasteiger charge is 2.15. The molecule has 90 valence electrons. The summed E-state index contributed by atoms with van der Waals surface area (Å²) >= 11 is 0. The van der Waals surface area contributed by atoms with Crippen LogP contribution in [0.15, 0.2) is 23.0 Å². The van der Waals surface area contributed by atoms with Gasteiger partial charge < -0.3 is 15.0 Å². The van der Waals surface area contributed by atoms with Gasteiger partial charge in [-0.15, -0.1) is 0 Å². The van der Waals surface area contributed by atoms with Gasteiger partial charge in [-0.2, -0.15) is 4.98 Å². The van der Waals surface area contributed by atoms with Gasteiger partial charge in [0.1, 0.15) is 5.82 Å². The Morgan fingerprint density at radius 1 is 1.53 bits per heavy atom. The van der Waals surface area contributed by atoms with Crippen molar-refractivity contribution in [2.45, 2.75) is 6.04 Å². The molecule has 0 spiro atoms. The summed E-state index contributed by atoms with van der Waals surface area (Å²) < 4.78 is 22.8. The highest BCUT2D eigenvalue weighted by atomic mass is 19.1. The van der Waals surface area contributed by atoms with Gasteiger partial charge in [-0.3, -0.25) is 4.98 Å². The van der Waals surface area contributed by atoms with Crippen molar-refractivity contribution in [3.05, 3.63) is 30.1 Å². The molecule has 0 radical (unpaired) electrons. The van der Waals surface area contributed by atoms with Crippen LogP contribution < -0.4 is 5.73 Å². The van der Waals surface area contributed by atoms with Crippen LogP contribution in [0.4, 0.5) is 4.39 Å². The Morgan fingerprint density at radius 2 is 2.35 bits per heavy atom. The van der Waals surface area contributed by atoms with Crippen molar-refractivity contribution in [3.8, 4) is 11.5 Å². The second kappa shape index (κ2) is 4.98. The van der Waals surface area contributed by atoms with Crippen molar-refractivity contribution < 1.29 is 13.7 Å². The molecular weight excluding hydrogens is 227 g/mol. The fourth-order valence-corrected chi connectivity index (χ4v) is 1.29. The number of nitrogens with zero attached hydrogens (tertiary/aromatic N) is 3. The van der Waals surface area contributed by atoms with E-state index in [1.807, 2.05) is 0 Å². The predicted molar refractivity (Wildman–Crippen MR) is 56.3 cm³/mol. The molecule has 1 unspecified atom stereocenters. The summed E-state index contributed by atoms with van der Waals surface area (Å²) in [6.07, 6.45) is 2.53. The van der Waals surface area contributed by atoms with Crippen molar-refractivity contribution in [1.29, 1.82) is 0 Å². The van der Waals surface area contributed by atoms with Crippen LogP contribution in [0.5, 0.6) is 0 Å². The molecule has 0 aliphatic rings. The number of hydrogen-bond donors (Lipinski definition) is 1. The van der Waals surface area contributed by atoms with Gasteiger partial charge in [-0.05, 0) is 6.07 Å². The highest BCUT2D eigenvalue weighted by Crippen LogP contribution is 2.18. The first-order valence-electron chi connectivity index (χ1n) is 4.89. The van der Waals surface area contributed by atoms with Crippen LogP contribution in [-0.4, -0.2) is 28.8 Å². The zero-order valence-corrected chi connectivity index (χ0v) is 9.13. The molecule has 0 saturated heterocycles. The molecule has 0 aromatic carbocycles. The van der Waals surface area contributed by atoms with E-state index in [1.165, 1.54) is 19.4 Å². The monoisotopic (exact) mass is 238 g/mol. The van der Waals surface area contributed by atoms with Crippen molar-refractivity contribution in [1.82, 2.24) is 15.1 Å². The molecule has 0 aliphatic heterocycles. The Balaban J connectivity index is 2.23. The summed E-state index contributed by atoms with van der Waals surface area (Å²) in [5, 5.41) is 3.70. The first kappa shape index (κ1) is 11.6. The van der Waals surface area contributed by atoms with Gasteiger partial charge in [0.05, 0.1) is 24.4 Å². The Hall–Kier alpha value is -1.86. The molecule has 2 N–H and O–H groups in total. The van der Waals surface area contributed by atoms with Crippen LogP contribution >= 0.6 is 0 Å². The number of pyridine rings is 1. The maximum atomic E-state index is 12.9. The third-order valence-corrected chi connectivity index (χ3v) is 2.07. The third-order valence-electron chi connectivity index (χ3n) is 2.07.